The van der Waals surface area contributed by atoms with Crippen molar-refractivity contribution in [1.29, 1.82) is 0 Å². The summed E-state index contributed by atoms with van der Waals surface area (Å²) < 4.78 is -0.0707. The summed E-state index contributed by atoms with van der Waals surface area (Å²) in [6.45, 7) is 7.75. The molecular formula is C26H40N2O3S2. The van der Waals surface area contributed by atoms with Crippen LogP contribution < -0.4 is 4.90 Å². The Morgan fingerprint density at radius 2 is 1.70 bits per heavy atom. The highest BCUT2D eigenvalue weighted by molar-refractivity contribution is 8.02. The van der Waals surface area contributed by atoms with Crippen molar-refractivity contribution in [2.24, 2.45) is 0 Å². The van der Waals surface area contributed by atoms with Crippen LogP contribution in [0.2, 0.25) is 0 Å². The summed E-state index contributed by atoms with van der Waals surface area (Å²) in [6, 6.07) is 8.53. The minimum absolute atomic E-state index is 0.171. The molecule has 33 heavy (non-hydrogen) atoms. The minimum atomic E-state index is -0.880. The van der Waals surface area contributed by atoms with Crippen LogP contribution in [0.1, 0.15) is 77.0 Å². The molecule has 0 aliphatic heterocycles. The Hall–Kier alpha value is -1.57. The summed E-state index contributed by atoms with van der Waals surface area (Å²) >= 11 is 2.84. The van der Waals surface area contributed by atoms with Gasteiger partial charge in [-0.2, -0.15) is 0 Å². The standard InChI is InChI=1S/C26H40N2O3S2/c1-4-5-6-7-8-9-10-17-28(23-13-11-21(12-14-23)16-19-29)18-15-22-20-32-25(27-22)33-26(2,3)24(30)31/h11-14,20,29H,4-10,15-19H2,1-3H3,(H,30,31). The molecule has 0 unspecified atom stereocenters. The van der Waals surface area contributed by atoms with Gasteiger partial charge in [0.05, 0.1) is 5.69 Å². The number of hydrogen-bond donors (Lipinski definition) is 2. The first-order valence-corrected chi connectivity index (χ1v) is 13.9. The van der Waals surface area contributed by atoms with E-state index in [1.165, 1.54) is 73.7 Å². The number of carbonyl (C=O) groups is 1. The maximum Gasteiger partial charge on any atom is 0.319 e. The molecular weight excluding hydrogens is 452 g/mol. The Kier molecular flexibility index (Phi) is 12.3. The first kappa shape index (κ1) is 27.7. The SMILES string of the molecule is CCCCCCCCCN(CCc1csc(SC(C)(C)C(=O)O)n1)c1ccc(CCO)cc1. The third-order valence-electron chi connectivity index (χ3n) is 5.76. The molecule has 2 aromatic rings. The number of anilines is 1. The molecule has 0 aliphatic carbocycles. The van der Waals surface area contributed by atoms with Gasteiger partial charge in [-0.1, -0.05) is 69.3 Å². The summed E-state index contributed by atoms with van der Waals surface area (Å²) in [6.07, 6.45) is 10.5. The average molecular weight is 493 g/mol. The van der Waals surface area contributed by atoms with Crippen molar-refractivity contribution in [3.8, 4) is 0 Å². The number of aliphatic hydroxyl groups is 1. The molecule has 0 atom stereocenters. The predicted octanol–water partition coefficient (Wildman–Crippen LogP) is 6.43. The van der Waals surface area contributed by atoms with Crippen LogP contribution in [0, 0.1) is 0 Å². The molecule has 0 aliphatic rings. The van der Waals surface area contributed by atoms with Crippen molar-refractivity contribution in [3.05, 3.63) is 40.9 Å². The van der Waals surface area contributed by atoms with E-state index in [1.807, 2.05) is 0 Å². The lowest BCUT2D eigenvalue weighted by molar-refractivity contribution is -0.138. The largest absolute Gasteiger partial charge is 0.480 e. The Labute approximate surface area is 207 Å². The highest BCUT2D eigenvalue weighted by Gasteiger charge is 2.29. The number of nitrogens with zero attached hydrogens (tertiary/aromatic N) is 2. The van der Waals surface area contributed by atoms with Gasteiger partial charge in [-0.15, -0.1) is 11.3 Å². The number of hydrogen-bond acceptors (Lipinski definition) is 6. The number of thiazole rings is 1. The lowest BCUT2D eigenvalue weighted by Gasteiger charge is -2.25. The Morgan fingerprint density at radius 1 is 1.03 bits per heavy atom. The van der Waals surface area contributed by atoms with Gasteiger partial charge in [-0.05, 0) is 44.4 Å². The molecule has 1 heterocycles. The van der Waals surface area contributed by atoms with Gasteiger partial charge in [-0.3, -0.25) is 4.79 Å². The van der Waals surface area contributed by atoms with E-state index in [-0.39, 0.29) is 6.61 Å². The van der Waals surface area contributed by atoms with E-state index in [1.54, 1.807) is 13.8 Å². The highest BCUT2D eigenvalue weighted by Crippen LogP contribution is 2.34. The van der Waals surface area contributed by atoms with Gasteiger partial charge in [0.2, 0.25) is 0 Å². The van der Waals surface area contributed by atoms with Crippen molar-refractivity contribution in [2.45, 2.75) is 87.6 Å². The topological polar surface area (TPSA) is 73.7 Å². The van der Waals surface area contributed by atoms with E-state index in [9.17, 15) is 15.0 Å². The summed E-state index contributed by atoms with van der Waals surface area (Å²) in [5.41, 5.74) is 3.38. The number of unbranched alkanes of at least 4 members (excludes halogenated alkanes) is 6. The van der Waals surface area contributed by atoms with E-state index >= 15 is 0 Å². The number of aliphatic carboxylic acids is 1. The predicted molar refractivity (Wildman–Crippen MR) is 141 cm³/mol. The zero-order valence-corrected chi connectivity index (χ0v) is 22.0. The fourth-order valence-electron chi connectivity index (χ4n) is 3.59. The molecule has 0 bridgehead atoms. The molecule has 2 N–H and O–H groups in total. The van der Waals surface area contributed by atoms with Crippen LogP contribution in [0.3, 0.4) is 0 Å². The van der Waals surface area contributed by atoms with Crippen molar-refractivity contribution in [2.75, 3.05) is 24.6 Å². The van der Waals surface area contributed by atoms with Gasteiger partial charge in [0, 0.05) is 37.2 Å². The summed E-state index contributed by atoms with van der Waals surface area (Å²) in [5.74, 6) is -0.824. The monoisotopic (exact) mass is 492 g/mol. The quantitative estimate of drug-likeness (QED) is 0.196. The number of benzene rings is 1. The molecule has 0 amide bonds. The maximum absolute atomic E-state index is 11.4. The van der Waals surface area contributed by atoms with Gasteiger partial charge in [0.1, 0.15) is 4.75 Å². The summed E-state index contributed by atoms with van der Waals surface area (Å²) in [7, 11) is 0. The van der Waals surface area contributed by atoms with Gasteiger partial charge >= 0.3 is 5.97 Å². The average Bonchev–Trinajstić information content (AvgIpc) is 3.22. The molecule has 7 heteroatoms. The van der Waals surface area contributed by atoms with Crippen molar-refractivity contribution in [3.63, 3.8) is 0 Å². The maximum atomic E-state index is 11.4. The van der Waals surface area contributed by atoms with E-state index in [2.05, 4.69) is 46.5 Å². The summed E-state index contributed by atoms with van der Waals surface area (Å²) in [5, 5.41) is 20.6. The van der Waals surface area contributed by atoms with Gasteiger partial charge in [0.25, 0.3) is 0 Å². The van der Waals surface area contributed by atoms with Gasteiger partial charge in [-0.25, -0.2) is 4.98 Å². The number of carboxylic acids is 1. The number of aliphatic hydroxyl groups excluding tert-OH is 1. The Bertz CT molecular complexity index is 821. The molecule has 184 valence electrons. The molecule has 1 aromatic heterocycles. The van der Waals surface area contributed by atoms with Crippen LogP contribution >= 0.6 is 23.1 Å². The zero-order valence-electron chi connectivity index (χ0n) is 20.4. The second kappa shape index (κ2) is 14.6. The first-order valence-electron chi connectivity index (χ1n) is 12.2. The fraction of sp³-hybridized carbons (Fsp3) is 0.615. The lowest BCUT2D eigenvalue weighted by atomic mass is 10.1. The minimum Gasteiger partial charge on any atom is -0.480 e. The van der Waals surface area contributed by atoms with E-state index < -0.39 is 10.7 Å². The molecule has 0 saturated carbocycles. The Balaban J connectivity index is 1.95. The van der Waals surface area contributed by atoms with Gasteiger partial charge in [0.15, 0.2) is 4.34 Å². The van der Waals surface area contributed by atoms with E-state index in [0.717, 1.165) is 35.1 Å². The molecule has 0 fully saturated rings. The number of carboxylic acid groups (broad SMARTS) is 1. The molecule has 0 saturated heterocycles. The molecule has 0 spiro atoms. The van der Waals surface area contributed by atoms with Gasteiger partial charge < -0.3 is 15.1 Å². The second-order valence-corrected chi connectivity index (χ2v) is 11.7. The lowest BCUT2D eigenvalue weighted by Crippen LogP contribution is -2.27. The third-order valence-corrected chi connectivity index (χ3v) is 7.93. The fourth-order valence-corrected chi connectivity index (χ4v) is 5.82. The summed E-state index contributed by atoms with van der Waals surface area (Å²) in [4.78, 5) is 18.5. The number of thioether (sulfide) groups is 1. The van der Waals surface area contributed by atoms with Crippen LogP contribution in [0.15, 0.2) is 34.0 Å². The zero-order chi connectivity index (χ0) is 24.1. The second-order valence-electron chi connectivity index (χ2n) is 9.02. The van der Waals surface area contributed by atoms with Crippen molar-refractivity contribution < 1.29 is 15.0 Å². The van der Waals surface area contributed by atoms with Crippen LogP contribution in [0.5, 0.6) is 0 Å². The van der Waals surface area contributed by atoms with Crippen LogP contribution in [-0.4, -0.2) is 45.6 Å². The third kappa shape index (κ3) is 10.1. The molecule has 2 rings (SSSR count). The number of rotatable bonds is 17. The van der Waals surface area contributed by atoms with E-state index in [4.69, 9.17) is 0 Å². The molecule has 1 aromatic carbocycles. The normalized spacial score (nSPS) is 11.6. The van der Waals surface area contributed by atoms with Crippen LogP contribution in [0.25, 0.3) is 0 Å². The highest BCUT2D eigenvalue weighted by atomic mass is 32.2. The Morgan fingerprint density at radius 3 is 2.33 bits per heavy atom. The van der Waals surface area contributed by atoms with E-state index in [0.29, 0.717) is 6.42 Å². The first-order chi connectivity index (χ1) is 15.9. The smallest absolute Gasteiger partial charge is 0.319 e. The van der Waals surface area contributed by atoms with Crippen molar-refractivity contribution >= 4 is 34.8 Å². The molecule has 0 radical (unpaired) electrons. The van der Waals surface area contributed by atoms with Crippen LogP contribution in [0.4, 0.5) is 5.69 Å². The molecule has 5 nitrogen and oxygen atoms in total. The van der Waals surface area contributed by atoms with Crippen LogP contribution in [-0.2, 0) is 17.6 Å². The number of aromatic nitrogens is 1. The van der Waals surface area contributed by atoms with Crippen molar-refractivity contribution in [1.82, 2.24) is 4.98 Å².